The van der Waals surface area contributed by atoms with E-state index in [0.29, 0.717) is 5.92 Å². The first-order valence-corrected chi connectivity index (χ1v) is 7.50. The van der Waals surface area contributed by atoms with Crippen molar-refractivity contribution in [3.8, 4) is 0 Å². The minimum absolute atomic E-state index is 0.0870. The van der Waals surface area contributed by atoms with Crippen molar-refractivity contribution in [1.29, 1.82) is 0 Å². The SMILES string of the molecule is CC(C)C(=O)N1CCCCC(c2ccc(Cl)cc2)C1. The monoisotopic (exact) mass is 279 g/mol. The molecule has 19 heavy (non-hydrogen) atoms. The van der Waals surface area contributed by atoms with E-state index >= 15 is 0 Å². The number of benzene rings is 1. The number of halogens is 1. The first-order chi connectivity index (χ1) is 9.08. The second-order valence-electron chi connectivity index (χ2n) is 5.68. The zero-order valence-electron chi connectivity index (χ0n) is 11.7. The normalized spacial score (nSPS) is 20.4. The molecule has 1 fully saturated rings. The molecule has 1 saturated heterocycles. The second kappa shape index (κ2) is 6.42. The zero-order chi connectivity index (χ0) is 13.8. The van der Waals surface area contributed by atoms with Gasteiger partial charge in [-0.2, -0.15) is 0 Å². The van der Waals surface area contributed by atoms with Crippen LogP contribution in [0.3, 0.4) is 0 Å². The van der Waals surface area contributed by atoms with Crippen LogP contribution in [0.4, 0.5) is 0 Å². The molecule has 3 heteroatoms. The molecule has 0 bridgehead atoms. The van der Waals surface area contributed by atoms with Crippen LogP contribution in [0.15, 0.2) is 24.3 Å². The van der Waals surface area contributed by atoms with E-state index in [0.717, 1.165) is 31.0 Å². The zero-order valence-corrected chi connectivity index (χ0v) is 12.5. The second-order valence-corrected chi connectivity index (χ2v) is 6.12. The fourth-order valence-corrected chi connectivity index (χ4v) is 2.84. The third-order valence-corrected chi connectivity index (χ3v) is 4.07. The molecule has 1 amide bonds. The topological polar surface area (TPSA) is 20.3 Å². The number of nitrogens with zero attached hydrogens (tertiary/aromatic N) is 1. The van der Waals surface area contributed by atoms with E-state index in [1.54, 1.807) is 0 Å². The van der Waals surface area contributed by atoms with Gasteiger partial charge in [-0.25, -0.2) is 0 Å². The molecule has 0 radical (unpaired) electrons. The molecule has 2 nitrogen and oxygen atoms in total. The van der Waals surface area contributed by atoms with Crippen LogP contribution in [-0.4, -0.2) is 23.9 Å². The maximum atomic E-state index is 12.2. The predicted molar refractivity (Wildman–Crippen MR) is 79.5 cm³/mol. The molecule has 2 rings (SSSR count). The minimum atomic E-state index is 0.0870. The largest absolute Gasteiger partial charge is 0.342 e. The Morgan fingerprint density at radius 1 is 1.26 bits per heavy atom. The van der Waals surface area contributed by atoms with Gasteiger partial charge >= 0.3 is 0 Å². The number of rotatable bonds is 2. The molecule has 1 aromatic carbocycles. The van der Waals surface area contributed by atoms with Gasteiger partial charge in [0.2, 0.25) is 5.91 Å². The Morgan fingerprint density at radius 3 is 2.58 bits per heavy atom. The molecule has 1 aromatic rings. The Balaban J connectivity index is 2.12. The highest BCUT2D eigenvalue weighted by atomic mass is 35.5. The lowest BCUT2D eigenvalue weighted by molar-refractivity contribution is -0.134. The molecule has 1 aliphatic rings. The Bertz CT molecular complexity index is 427. The fraction of sp³-hybridized carbons (Fsp3) is 0.562. The molecule has 0 aliphatic carbocycles. The van der Waals surface area contributed by atoms with Crippen molar-refractivity contribution in [3.05, 3.63) is 34.9 Å². The van der Waals surface area contributed by atoms with Gasteiger partial charge in [0, 0.05) is 29.9 Å². The molecular formula is C16H22ClNO. The van der Waals surface area contributed by atoms with E-state index in [4.69, 9.17) is 11.6 Å². The number of amides is 1. The van der Waals surface area contributed by atoms with Crippen LogP contribution in [0.25, 0.3) is 0 Å². The summed E-state index contributed by atoms with van der Waals surface area (Å²) in [4.78, 5) is 14.2. The van der Waals surface area contributed by atoms with Crippen LogP contribution in [0.5, 0.6) is 0 Å². The lowest BCUT2D eigenvalue weighted by Gasteiger charge is -2.26. The third kappa shape index (κ3) is 3.73. The Labute approximate surface area is 120 Å². The smallest absolute Gasteiger partial charge is 0.225 e. The standard InChI is InChI=1S/C16H22ClNO/c1-12(2)16(19)18-10-4-3-5-14(11-18)13-6-8-15(17)9-7-13/h6-9,12,14H,3-5,10-11H2,1-2H3. The van der Waals surface area contributed by atoms with Gasteiger partial charge in [-0.15, -0.1) is 0 Å². The summed E-state index contributed by atoms with van der Waals surface area (Å²) in [5.41, 5.74) is 1.30. The van der Waals surface area contributed by atoms with Crippen molar-refractivity contribution < 1.29 is 4.79 Å². The van der Waals surface area contributed by atoms with Crippen LogP contribution < -0.4 is 0 Å². The highest BCUT2D eigenvalue weighted by molar-refractivity contribution is 6.30. The number of hydrogen-bond acceptors (Lipinski definition) is 1. The summed E-state index contributed by atoms with van der Waals surface area (Å²) in [7, 11) is 0. The Hall–Kier alpha value is -1.02. The predicted octanol–water partition coefficient (Wildman–Crippen LogP) is 4.09. The van der Waals surface area contributed by atoms with E-state index in [2.05, 4.69) is 12.1 Å². The van der Waals surface area contributed by atoms with Crippen molar-refractivity contribution in [2.45, 2.75) is 39.0 Å². The molecule has 0 spiro atoms. The van der Waals surface area contributed by atoms with Gasteiger partial charge in [0.1, 0.15) is 0 Å². The highest BCUT2D eigenvalue weighted by Crippen LogP contribution is 2.28. The minimum Gasteiger partial charge on any atom is -0.342 e. The van der Waals surface area contributed by atoms with E-state index < -0.39 is 0 Å². The van der Waals surface area contributed by atoms with Gasteiger partial charge in [-0.3, -0.25) is 4.79 Å². The van der Waals surface area contributed by atoms with Gasteiger partial charge in [-0.05, 0) is 30.5 Å². The Morgan fingerprint density at radius 2 is 1.95 bits per heavy atom. The van der Waals surface area contributed by atoms with E-state index in [1.165, 1.54) is 12.0 Å². The molecule has 1 aliphatic heterocycles. The molecule has 0 aromatic heterocycles. The van der Waals surface area contributed by atoms with Crippen molar-refractivity contribution in [3.63, 3.8) is 0 Å². The first-order valence-electron chi connectivity index (χ1n) is 7.12. The van der Waals surface area contributed by atoms with Gasteiger partial charge in [-0.1, -0.05) is 44.0 Å². The van der Waals surface area contributed by atoms with Gasteiger partial charge < -0.3 is 4.90 Å². The molecule has 104 valence electrons. The van der Waals surface area contributed by atoms with Crippen LogP contribution >= 0.6 is 11.6 Å². The summed E-state index contributed by atoms with van der Waals surface area (Å²) in [5.74, 6) is 0.812. The van der Waals surface area contributed by atoms with Crippen molar-refractivity contribution in [2.75, 3.05) is 13.1 Å². The van der Waals surface area contributed by atoms with E-state index in [1.807, 2.05) is 30.9 Å². The first kappa shape index (κ1) is 14.4. The summed E-state index contributed by atoms with van der Waals surface area (Å²) >= 11 is 5.94. The summed E-state index contributed by atoms with van der Waals surface area (Å²) in [6, 6.07) is 8.07. The summed E-state index contributed by atoms with van der Waals surface area (Å²) in [5, 5.41) is 0.771. The summed E-state index contributed by atoms with van der Waals surface area (Å²) in [6.45, 7) is 5.70. The quantitative estimate of drug-likeness (QED) is 0.798. The van der Waals surface area contributed by atoms with Crippen LogP contribution in [0, 0.1) is 5.92 Å². The van der Waals surface area contributed by atoms with Crippen molar-refractivity contribution >= 4 is 17.5 Å². The Kier molecular flexibility index (Phi) is 4.87. The highest BCUT2D eigenvalue weighted by Gasteiger charge is 2.24. The van der Waals surface area contributed by atoms with Gasteiger partial charge in [0.25, 0.3) is 0 Å². The molecule has 1 atom stereocenters. The molecule has 1 heterocycles. The summed E-state index contributed by atoms with van der Waals surface area (Å²) < 4.78 is 0. The van der Waals surface area contributed by atoms with Crippen molar-refractivity contribution in [1.82, 2.24) is 4.90 Å². The number of carbonyl (C=O) groups excluding carboxylic acids is 1. The van der Waals surface area contributed by atoms with Crippen LogP contribution in [0.1, 0.15) is 44.6 Å². The van der Waals surface area contributed by atoms with Gasteiger partial charge in [0.05, 0.1) is 0 Å². The number of likely N-dealkylation sites (tertiary alicyclic amines) is 1. The van der Waals surface area contributed by atoms with Crippen LogP contribution in [-0.2, 0) is 4.79 Å². The molecule has 0 N–H and O–H groups in total. The third-order valence-electron chi connectivity index (χ3n) is 3.82. The maximum Gasteiger partial charge on any atom is 0.225 e. The van der Waals surface area contributed by atoms with E-state index in [9.17, 15) is 4.79 Å². The van der Waals surface area contributed by atoms with E-state index in [-0.39, 0.29) is 11.8 Å². The lowest BCUT2D eigenvalue weighted by Crippen LogP contribution is -2.36. The number of hydrogen-bond donors (Lipinski definition) is 0. The van der Waals surface area contributed by atoms with Crippen molar-refractivity contribution in [2.24, 2.45) is 5.92 Å². The maximum absolute atomic E-state index is 12.2. The lowest BCUT2D eigenvalue weighted by atomic mass is 9.94. The summed E-state index contributed by atoms with van der Waals surface area (Å²) in [6.07, 6.45) is 3.46. The number of carbonyl (C=O) groups is 1. The van der Waals surface area contributed by atoms with Gasteiger partial charge in [0.15, 0.2) is 0 Å². The average Bonchev–Trinajstić information content (AvgIpc) is 2.64. The molecular weight excluding hydrogens is 258 g/mol. The molecule has 1 unspecified atom stereocenters. The van der Waals surface area contributed by atoms with Crippen LogP contribution in [0.2, 0.25) is 5.02 Å². The fourth-order valence-electron chi connectivity index (χ4n) is 2.71. The molecule has 0 saturated carbocycles. The average molecular weight is 280 g/mol.